The number of nitrogens with zero attached hydrogens (tertiary/aromatic N) is 2. The molecule has 2 fully saturated rings. The third-order valence-corrected chi connectivity index (χ3v) is 7.09. The first-order valence-electron chi connectivity index (χ1n) is 10.4. The van der Waals surface area contributed by atoms with Crippen LogP contribution in [-0.2, 0) is 12.1 Å². The number of methoxy groups -OCH3 is 1. The largest absolute Gasteiger partial charge is 0.496 e. The zero-order valence-electron chi connectivity index (χ0n) is 17.5. The van der Waals surface area contributed by atoms with E-state index in [1.165, 1.54) is 23.1 Å². The lowest BCUT2D eigenvalue weighted by Gasteiger charge is -2.52. The molecule has 1 saturated carbocycles. The number of aromatic nitrogens is 1. The average Bonchev–Trinajstić information content (AvgIpc) is 2.67. The summed E-state index contributed by atoms with van der Waals surface area (Å²) in [5.74, 6) is 1.45. The second kappa shape index (κ2) is 7.49. The molecule has 3 atom stereocenters. The van der Waals surface area contributed by atoms with E-state index in [1.807, 2.05) is 19.2 Å². The van der Waals surface area contributed by atoms with Crippen LogP contribution >= 0.6 is 0 Å². The number of fused-ring (bicyclic) bond motifs is 2. The summed E-state index contributed by atoms with van der Waals surface area (Å²) in [6.45, 7) is 9.14. The lowest BCUT2D eigenvalue weighted by molar-refractivity contribution is -0.151. The molecule has 0 amide bonds. The lowest BCUT2D eigenvalue weighted by atomic mass is 9.64. The molecule has 1 aromatic heterocycles. The zero-order valence-corrected chi connectivity index (χ0v) is 17.5. The van der Waals surface area contributed by atoms with Crippen LogP contribution in [0, 0.1) is 32.6 Å². The number of rotatable bonds is 4. The van der Waals surface area contributed by atoms with Crippen molar-refractivity contribution in [3.63, 3.8) is 0 Å². The Kier molecular flexibility index (Phi) is 5.19. The van der Waals surface area contributed by atoms with E-state index in [0.717, 1.165) is 49.5 Å². The van der Waals surface area contributed by atoms with Gasteiger partial charge in [0, 0.05) is 37.7 Å². The summed E-state index contributed by atoms with van der Waals surface area (Å²) in [7, 11) is 1.73. The normalized spacial score (nSPS) is 27.6. The van der Waals surface area contributed by atoms with Gasteiger partial charge in [0.1, 0.15) is 11.4 Å². The summed E-state index contributed by atoms with van der Waals surface area (Å²) >= 11 is 0. The van der Waals surface area contributed by atoms with Crippen molar-refractivity contribution in [3.05, 3.63) is 58.4 Å². The minimum atomic E-state index is -0.784. The fourth-order valence-electron chi connectivity index (χ4n) is 5.28. The highest BCUT2D eigenvalue weighted by Crippen LogP contribution is 2.48. The third-order valence-electron chi connectivity index (χ3n) is 7.09. The molecule has 4 rings (SSSR count). The van der Waals surface area contributed by atoms with Crippen LogP contribution in [0.15, 0.2) is 30.5 Å². The molecule has 28 heavy (non-hydrogen) atoms. The van der Waals surface area contributed by atoms with Crippen molar-refractivity contribution in [2.75, 3.05) is 20.2 Å². The van der Waals surface area contributed by atoms with Crippen LogP contribution in [0.1, 0.15) is 47.2 Å². The Balaban J connectivity index is 1.57. The van der Waals surface area contributed by atoms with Crippen LogP contribution in [0.25, 0.3) is 0 Å². The number of hydrogen-bond acceptors (Lipinski definition) is 4. The van der Waals surface area contributed by atoms with Gasteiger partial charge in [-0.15, -0.1) is 0 Å². The highest BCUT2D eigenvalue weighted by atomic mass is 16.5. The van der Waals surface area contributed by atoms with Gasteiger partial charge < -0.3 is 9.84 Å². The van der Waals surface area contributed by atoms with Gasteiger partial charge in [-0.25, -0.2) is 0 Å². The van der Waals surface area contributed by atoms with Gasteiger partial charge >= 0.3 is 0 Å². The van der Waals surface area contributed by atoms with Crippen LogP contribution in [0.4, 0.5) is 0 Å². The third kappa shape index (κ3) is 3.23. The van der Waals surface area contributed by atoms with E-state index in [4.69, 9.17) is 4.74 Å². The fourth-order valence-corrected chi connectivity index (χ4v) is 5.28. The van der Waals surface area contributed by atoms with Crippen molar-refractivity contribution >= 4 is 0 Å². The Labute approximate surface area is 168 Å². The van der Waals surface area contributed by atoms with Gasteiger partial charge in [0.15, 0.2) is 0 Å². The summed E-state index contributed by atoms with van der Waals surface area (Å²) in [6, 6.07) is 8.38. The minimum absolute atomic E-state index is 0.245. The van der Waals surface area contributed by atoms with E-state index < -0.39 is 5.60 Å². The number of aryl methyl sites for hydroxylation is 1. The van der Waals surface area contributed by atoms with Gasteiger partial charge in [-0.05, 0) is 68.0 Å². The molecule has 4 nitrogen and oxygen atoms in total. The Morgan fingerprint density at radius 2 is 1.79 bits per heavy atom. The Hall–Kier alpha value is -1.91. The Morgan fingerprint density at radius 1 is 1.07 bits per heavy atom. The molecule has 1 N–H and O–H groups in total. The monoisotopic (exact) mass is 380 g/mol. The number of aliphatic hydroxyl groups is 1. The minimum Gasteiger partial charge on any atom is -0.496 e. The highest BCUT2D eigenvalue weighted by molar-refractivity contribution is 5.43. The maximum Gasteiger partial charge on any atom is 0.122 e. The molecule has 150 valence electrons. The molecule has 2 aromatic rings. The Morgan fingerprint density at radius 3 is 2.39 bits per heavy atom. The molecule has 1 aromatic carbocycles. The maximum atomic E-state index is 11.8. The number of pyridine rings is 1. The summed E-state index contributed by atoms with van der Waals surface area (Å²) in [5, 5.41) is 11.8. The van der Waals surface area contributed by atoms with Crippen molar-refractivity contribution in [2.45, 2.75) is 52.2 Å². The van der Waals surface area contributed by atoms with Gasteiger partial charge in [-0.1, -0.05) is 18.6 Å². The van der Waals surface area contributed by atoms with Crippen molar-refractivity contribution in [1.29, 1.82) is 0 Å². The molecule has 0 radical (unpaired) electrons. The van der Waals surface area contributed by atoms with Gasteiger partial charge in [-0.2, -0.15) is 0 Å². The summed E-state index contributed by atoms with van der Waals surface area (Å²) in [4.78, 5) is 7.16. The molecule has 0 spiro atoms. The molecule has 4 heteroatoms. The van der Waals surface area contributed by atoms with Crippen LogP contribution in [0.2, 0.25) is 0 Å². The van der Waals surface area contributed by atoms with Crippen molar-refractivity contribution in [2.24, 2.45) is 11.8 Å². The second-order valence-electron chi connectivity index (χ2n) is 8.74. The quantitative estimate of drug-likeness (QED) is 0.866. The first-order valence-corrected chi connectivity index (χ1v) is 10.4. The number of hydrogen-bond donors (Lipinski definition) is 1. The molecule has 1 unspecified atom stereocenters. The molecule has 2 heterocycles. The first-order chi connectivity index (χ1) is 13.4. The van der Waals surface area contributed by atoms with Gasteiger partial charge in [-0.3, -0.25) is 9.88 Å². The molecule has 1 aliphatic heterocycles. The van der Waals surface area contributed by atoms with E-state index >= 15 is 0 Å². The van der Waals surface area contributed by atoms with Crippen molar-refractivity contribution in [1.82, 2.24) is 9.88 Å². The number of ether oxygens (including phenoxy) is 1. The zero-order chi connectivity index (χ0) is 19.9. The van der Waals surface area contributed by atoms with E-state index in [1.54, 1.807) is 7.11 Å². The maximum absolute atomic E-state index is 11.8. The van der Waals surface area contributed by atoms with E-state index in [9.17, 15) is 5.11 Å². The summed E-state index contributed by atoms with van der Waals surface area (Å²) < 4.78 is 5.46. The van der Waals surface area contributed by atoms with Crippen LogP contribution in [-0.4, -0.2) is 35.2 Å². The molecule has 1 saturated heterocycles. The summed E-state index contributed by atoms with van der Waals surface area (Å²) in [5.41, 5.74) is 5.11. The number of likely N-dealkylation sites (tertiary alicyclic amines) is 1. The van der Waals surface area contributed by atoms with E-state index in [-0.39, 0.29) is 11.8 Å². The smallest absolute Gasteiger partial charge is 0.122 e. The molecule has 2 aliphatic rings. The predicted octanol–water partition coefficient (Wildman–Crippen LogP) is 4.14. The second-order valence-corrected chi connectivity index (χ2v) is 8.74. The number of piperidine rings is 1. The predicted molar refractivity (Wildman–Crippen MR) is 111 cm³/mol. The van der Waals surface area contributed by atoms with E-state index in [2.05, 4.69) is 41.9 Å². The summed E-state index contributed by atoms with van der Waals surface area (Å²) in [6.07, 6.45) is 5.23. The highest BCUT2D eigenvalue weighted by Gasteiger charge is 2.52. The molecular formula is C24H32N2O2. The molecular weight excluding hydrogens is 348 g/mol. The SMILES string of the molecule is COc1ccc(CN2C[C@H]3CCC[C@@H](C2)C3(O)c2ccc(C)cn2)c(C)c1C. The average molecular weight is 381 g/mol. The van der Waals surface area contributed by atoms with E-state index in [0.29, 0.717) is 0 Å². The first kappa shape index (κ1) is 19.4. The molecule has 2 bridgehead atoms. The van der Waals surface area contributed by atoms with Crippen molar-refractivity contribution < 1.29 is 9.84 Å². The van der Waals surface area contributed by atoms with Crippen molar-refractivity contribution in [3.8, 4) is 5.75 Å². The van der Waals surface area contributed by atoms with Gasteiger partial charge in [0.05, 0.1) is 12.8 Å². The van der Waals surface area contributed by atoms with Crippen LogP contribution in [0.3, 0.4) is 0 Å². The lowest BCUT2D eigenvalue weighted by Crippen LogP contribution is -2.58. The van der Waals surface area contributed by atoms with Gasteiger partial charge in [0.25, 0.3) is 0 Å². The fraction of sp³-hybridized carbons (Fsp3) is 0.542. The standard InChI is InChI=1S/C24H32N2O2/c1-16-8-11-23(25-12-16)24(27)20-6-5-7-21(24)15-26(14-20)13-19-9-10-22(28-4)18(3)17(19)2/h8-12,20-21,27H,5-7,13-15H2,1-4H3/t20-,21+,24?. The molecule has 1 aliphatic carbocycles. The van der Waals surface area contributed by atoms with Gasteiger partial charge in [0.2, 0.25) is 0 Å². The van der Waals surface area contributed by atoms with Crippen LogP contribution < -0.4 is 4.74 Å². The topological polar surface area (TPSA) is 45.6 Å². The number of benzene rings is 1. The Bertz CT molecular complexity index is 832. The van der Waals surface area contributed by atoms with Crippen LogP contribution in [0.5, 0.6) is 5.75 Å².